The van der Waals surface area contributed by atoms with E-state index >= 15 is 0 Å². The van der Waals surface area contributed by atoms with Gasteiger partial charge >= 0.3 is 0 Å². The topological polar surface area (TPSA) is 43.1 Å². The van der Waals surface area contributed by atoms with E-state index in [1.54, 1.807) is 6.92 Å². The first-order valence-electron chi connectivity index (χ1n) is 4.37. The van der Waals surface area contributed by atoms with E-state index in [0.717, 1.165) is 10.4 Å². The minimum Gasteiger partial charge on any atom is -0.319 e. The van der Waals surface area contributed by atoms with Gasteiger partial charge in [-0.2, -0.15) is 0 Å². The molecule has 1 heterocycles. The molecule has 1 atom stereocenters. The molecule has 2 nitrogen and oxygen atoms in total. The van der Waals surface area contributed by atoms with Crippen LogP contribution in [0.2, 0.25) is 0 Å². The summed E-state index contributed by atoms with van der Waals surface area (Å²) < 4.78 is 0. The van der Waals surface area contributed by atoms with Crippen molar-refractivity contribution in [2.45, 2.75) is 32.7 Å². The molecule has 1 aromatic rings. The number of hydrogen-bond acceptors (Lipinski definition) is 3. The van der Waals surface area contributed by atoms with Crippen LogP contribution < -0.4 is 5.73 Å². The van der Waals surface area contributed by atoms with Crippen molar-refractivity contribution < 1.29 is 4.79 Å². The Kier molecular flexibility index (Phi) is 2.88. The van der Waals surface area contributed by atoms with Gasteiger partial charge < -0.3 is 5.73 Å². The summed E-state index contributed by atoms with van der Waals surface area (Å²) in [6.07, 6.45) is 0.670. The molecule has 0 aliphatic heterocycles. The van der Waals surface area contributed by atoms with Crippen LogP contribution in [0.3, 0.4) is 0 Å². The number of thiophene rings is 1. The fraction of sp³-hybridized carbons (Fsp3) is 0.500. The van der Waals surface area contributed by atoms with Crippen molar-refractivity contribution in [3.05, 3.63) is 21.9 Å². The van der Waals surface area contributed by atoms with E-state index in [2.05, 4.69) is 0 Å². The van der Waals surface area contributed by atoms with Crippen molar-refractivity contribution in [1.82, 2.24) is 0 Å². The van der Waals surface area contributed by atoms with Crippen molar-refractivity contribution in [3.63, 3.8) is 0 Å². The van der Waals surface area contributed by atoms with Gasteiger partial charge in [0.25, 0.3) is 0 Å². The number of Topliss-reactive ketones (excluding diaryl/α,β-unsaturated/α-hetero) is 1. The normalized spacial score (nSPS) is 15.4. The highest BCUT2D eigenvalue weighted by atomic mass is 32.1. The molecule has 0 fully saturated rings. The molecule has 1 unspecified atom stereocenters. The summed E-state index contributed by atoms with van der Waals surface area (Å²) >= 11 is 1.47. The number of aryl methyl sites for hydroxylation is 1. The zero-order valence-electron chi connectivity index (χ0n) is 8.26. The molecule has 0 aromatic carbocycles. The monoisotopic (exact) mass is 197 g/mol. The minimum absolute atomic E-state index is 0.0579. The van der Waals surface area contributed by atoms with Crippen LogP contribution in [0.15, 0.2) is 11.4 Å². The van der Waals surface area contributed by atoms with Crippen LogP contribution in [0.25, 0.3) is 0 Å². The lowest BCUT2D eigenvalue weighted by Crippen LogP contribution is -2.44. The summed E-state index contributed by atoms with van der Waals surface area (Å²) in [5, 5.41) is 1.92. The zero-order valence-corrected chi connectivity index (χ0v) is 9.07. The fourth-order valence-electron chi connectivity index (χ4n) is 1.03. The molecule has 0 saturated carbocycles. The van der Waals surface area contributed by atoms with Crippen LogP contribution >= 0.6 is 11.3 Å². The summed E-state index contributed by atoms with van der Waals surface area (Å²) in [4.78, 5) is 12.7. The number of rotatable bonds is 3. The van der Waals surface area contributed by atoms with Crippen LogP contribution in [0, 0.1) is 6.92 Å². The number of hydrogen-bond donors (Lipinski definition) is 1. The molecule has 0 aliphatic rings. The molecule has 2 N–H and O–H groups in total. The highest BCUT2D eigenvalue weighted by Crippen LogP contribution is 2.22. The average Bonchev–Trinajstić information content (AvgIpc) is 2.50. The second kappa shape index (κ2) is 3.60. The highest BCUT2D eigenvalue weighted by Gasteiger charge is 2.28. The quantitative estimate of drug-likeness (QED) is 0.756. The summed E-state index contributed by atoms with van der Waals surface area (Å²) in [5.41, 5.74) is 6.19. The lowest BCUT2D eigenvalue weighted by Gasteiger charge is -2.20. The van der Waals surface area contributed by atoms with Gasteiger partial charge in [-0.3, -0.25) is 4.79 Å². The smallest absolute Gasteiger partial charge is 0.192 e. The molecule has 1 aromatic heterocycles. The molecule has 1 rings (SSSR count). The number of carbonyl (C=O) groups excluding carboxylic acids is 1. The molecular weight excluding hydrogens is 182 g/mol. The second-order valence-corrected chi connectivity index (χ2v) is 4.45. The first-order chi connectivity index (χ1) is 5.99. The molecule has 0 spiro atoms. The van der Waals surface area contributed by atoms with Gasteiger partial charge in [0, 0.05) is 0 Å². The third-order valence-corrected chi connectivity index (χ3v) is 3.34. The van der Waals surface area contributed by atoms with Crippen LogP contribution in [0.4, 0.5) is 0 Å². The minimum atomic E-state index is -0.713. The SMILES string of the molecule is CCC(C)(N)C(=O)c1sccc1C. The Morgan fingerprint density at radius 1 is 1.69 bits per heavy atom. The van der Waals surface area contributed by atoms with Gasteiger partial charge in [-0.1, -0.05) is 6.92 Å². The van der Waals surface area contributed by atoms with Gasteiger partial charge in [0.2, 0.25) is 0 Å². The molecular formula is C10H15NOS. The summed E-state index contributed by atoms with van der Waals surface area (Å²) in [5.74, 6) is 0.0579. The van der Waals surface area contributed by atoms with Gasteiger partial charge in [-0.25, -0.2) is 0 Å². The van der Waals surface area contributed by atoms with Crippen LogP contribution in [-0.2, 0) is 0 Å². The maximum Gasteiger partial charge on any atom is 0.192 e. The summed E-state index contributed by atoms with van der Waals surface area (Å²) in [6, 6.07) is 1.95. The summed E-state index contributed by atoms with van der Waals surface area (Å²) in [7, 11) is 0. The molecule has 0 saturated heterocycles. The highest BCUT2D eigenvalue weighted by molar-refractivity contribution is 7.12. The maximum atomic E-state index is 11.9. The van der Waals surface area contributed by atoms with E-state index in [0.29, 0.717) is 6.42 Å². The Labute approximate surface area is 82.8 Å². The van der Waals surface area contributed by atoms with E-state index in [9.17, 15) is 4.79 Å². The van der Waals surface area contributed by atoms with Crippen molar-refractivity contribution >= 4 is 17.1 Å². The molecule has 0 aliphatic carbocycles. The van der Waals surface area contributed by atoms with Gasteiger partial charge in [0.05, 0.1) is 10.4 Å². The van der Waals surface area contributed by atoms with Gasteiger partial charge in [0.15, 0.2) is 5.78 Å². The Balaban J connectivity index is 2.98. The average molecular weight is 197 g/mol. The molecule has 72 valence electrons. The van der Waals surface area contributed by atoms with Crippen LogP contribution in [-0.4, -0.2) is 11.3 Å². The molecule has 0 bridgehead atoms. The van der Waals surface area contributed by atoms with E-state index < -0.39 is 5.54 Å². The predicted molar refractivity (Wildman–Crippen MR) is 56.3 cm³/mol. The molecule has 3 heteroatoms. The Morgan fingerprint density at radius 3 is 2.69 bits per heavy atom. The predicted octanol–water partition coefficient (Wildman–Crippen LogP) is 2.37. The lowest BCUT2D eigenvalue weighted by atomic mass is 9.92. The third-order valence-electron chi connectivity index (χ3n) is 2.32. The zero-order chi connectivity index (χ0) is 10.1. The first-order valence-corrected chi connectivity index (χ1v) is 5.24. The Bertz CT molecular complexity index is 314. The molecule has 0 amide bonds. The Morgan fingerprint density at radius 2 is 2.31 bits per heavy atom. The van der Waals surface area contributed by atoms with Gasteiger partial charge in [-0.05, 0) is 37.3 Å². The standard InChI is InChI=1S/C10H15NOS/c1-4-10(3,11)9(12)8-7(2)5-6-13-8/h5-6H,4,11H2,1-3H3. The van der Waals surface area contributed by atoms with Gasteiger partial charge in [0.1, 0.15) is 0 Å². The third kappa shape index (κ3) is 1.98. The van der Waals surface area contributed by atoms with E-state index in [1.165, 1.54) is 11.3 Å². The van der Waals surface area contributed by atoms with Crippen molar-refractivity contribution in [3.8, 4) is 0 Å². The van der Waals surface area contributed by atoms with Crippen molar-refractivity contribution in [1.29, 1.82) is 0 Å². The first kappa shape index (κ1) is 10.4. The van der Waals surface area contributed by atoms with E-state index in [1.807, 2.05) is 25.3 Å². The maximum absolute atomic E-state index is 11.9. The number of nitrogens with two attached hydrogens (primary N) is 1. The number of ketones is 1. The van der Waals surface area contributed by atoms with Crippen molar-refractivity contribution in [2.75, 3.05) is 0 Å². The lowest BCUT2D eigenvalue weighted by molar-refractivity contribution is 0.0901. The number of carbonyl (C=O) groups is 1. The Hall–Kier alpha value is -0.670. The van der Waals surface area contributed by atoms with Crippen molar-refractivity contribution in [2.24, 2.45) is 5.73 Å². The van der Waals surface area contributed by atoms with E-state index in [-0.39, 0.29) is 5.78 Å². The van der Waals surface area contributed by atoms with Gasteiger partial charge in [-0.15, -0.1) is 11.3 Å². The summed E-state index contributed by atoms with van der Waals surface area (Å²) in [6.45, 7) is 5.66. The largest absolute Gasteiger partial charge is 0.319 e. The second-order valence-electron chi connectivity index (χ2n) is 3.53. The molecule has 13 heavy (non-hydrogen) atoms. The van der Waals surface area contributed by atoms with Crippen LogP contribution in [0.5, 0.6) is 0 Å². The fourth-order valence-corrected chi connectivity index (χ4v) is 2.03. The molecule has 0 radical (unpaired) electrons. The van der Waals surface area contributed by atoms with E-state index in [4.69, 9.17) is 5.73 Å². The van der Waals surface area contributed by atoms with Crippen LogP contribution in [0.1, 0.15) is 35.5 Å².